The van der Waals surface area contributed by atoms with Gasteiger partial charge < -0.3 is 5.32 Å². The van der Waals surface area contributed by atoms with E-state index in [-0.39, 0.29) is 0 Å². The maximum atomic E-state index is 4.57. The Bertz CT molecular complexity index is 722. The number of nitrogens with one attached hydrogen (secondary N) is 1. The number of hydrogen-bond donors (Lipinski definition) is 1. The maximum absolute atomic E-state index is 4.57. The van der Waals surface area contributed by atoms with E-state index in [9.17, 15) is 0 Å². The van der Waals surface area contributed by atoms with Crippen LogP contribution in [0.2, 0.25) is 0 Å². The van der Waals surface area contributed by atoms with E-state index in [1.807, 2.05) is 24.3 Å². The first-order valence-corrected chi connectivity index (χ1v) is 6.89. The summed E-state index contributed by atoms with van der Waals surface area (Å²) in [5, 5.41) is 3.35. The number of aromatic nitrogens is 2. The van der Waals surface area contributed by atoms with E-state index in [4.69, 9.17) is 0 Å². The molecule has 3 rings (SSSR count). The van der Waals surface area contributed by atoms with Crippen molar-refractivity contribution in [2.24, 2.45) is 0 Å². The molecule has 0 radical (unpaired) electrons. The largest absolute Gasteiger partial charge is 0.365 e. The van der Waals surface area contributed by atoms with Crippen LogP contribution < -0.4 is 5.32 Å². The fourth-order valence-corrected chi connectivity index (χ4v) is 2.30. The van der Waals surface area contributed by atoms with Crippen molar-refractivity contribution in [1.82, 2.24) is 9.97 Å². The van der Waals surface area contributed by atoms with Gasteiger partial charge in [-0.15, -0.1) is 0 Å². The van der Waals surface area contributed by atoms with E-state index in [0.29, 0.717) is 0 Å². The highest BCUT2D eigenvalue weighted by atomic mass is 15.0. The van der Waals surface area contributed by atoms with Crippen LogP contribution in [0.15, 0.2) is 54.7 Å². The Hall–Kier alpha value is -2.42. The van der Waals surface area contributed by atoms with Gasteiger partial charge in [0.2, 0.25) is 0 Å². The quantitative estimate of drug-likeness (QED) is 0.778. The lowest BCUT2D eigenvalue weighted by Crippen LogP contribution is -2.04. The molecule has 3 aromatic rings. The lowest BCUT2D eigenvalue weighted by Gasteiger charge is -2.09. The van der Waals surface area contributed by atoms with Crippen LogP contribution in [0.25, 0.3) is 11.0 Å². The molecule has 1 N–H and O–H groups in total. The van der Waals surface area contributed by atoms with Crippen LogP contribution in [-0.2, 0) is 13.0 Å². The van der Waals surface area contributed by atoms with Crippen molar-refractivity contribution in [3.63, 3.8) is 0 Å². The van der Waals surface area contributed by atoms with Crippen LogP contribution in [0.1, 0.15) is 18.1 Å². The third-order valence-electron chi connectivity index (χ3n) is 3.41. The van der Waals surface area contributed by atoms with Crippen LogP contribution >= 0.6 is 0 Å². The lowest BCUT2D eigenvalue weighted by atomic mass is 10.1. The van der Waals surface area contributed by atoms with Gasteiger partial charge in [-0.25, -0.2) is 4.98 Å². The predicted molar refractivity (Wildman–Crippen MR) is 82.7 cm³/mol. The van der Waals surface area contributed by atoms with Crippen molar-refractivity contribution in [2.75, 3.05) is 5.32 Å². The van der Waals surface area contributed by atoms with Gasteiger partial charge in [-0.2, -0.15) is 0 Å². The average Bonchev–Trinajstić information content (AvgIpc) is 2.53. The summed E-state index contributed by atoms with van der Waals surface area (Å²) in [7, 11) is 0. The van der Waals surface area contributed by atoms with E-state index in [2.05, 4.69) is 46.5 Å². The standard InChI is InChI=1S/C17H17N3/c1-2-13-7-3-4-8-14(13)11-19-17-12-18-15-9-5-6-10-16(15)20-17/h3-10,12H,2,11H2,1H3,(H,19,20). The smallest absolute Gasteiger partial charge is 0.145 e. The first-order chi connectivity index (χ1) is 9.86. The highest BCUT2D eigenvalue weighted by Gasteiger charge is 2.02. The summed E-state index contributed by atoms with van der Waals surface area (Å²) in [5.74, 6) is 0.814. The summed E-state index contributed by atoms with van der Waals surface area (Å²) in [5.41, 5.74) is 4.52. The van der Waals surface area contributed by atoms with Gasteiger partial charge in [0.15, 0.2) is 0 Å². The van der Waals surface area contributed by atoms with Crippen LogP contribution in [-0.4, -0.2) is 9.97 Å². The molecule has 3 nitrogen and oxygen atoms in total. The molecule has 0 aliphatic carbocycles. The molecular formula is C17H17N3. The Balaban J connectivity index is 1.79. The molecule has 0 unspecified atom stereocenters. The van der Waals surface area contributed by atoms with Crippen molar-refractivity contribution in [2.45, 2.75) is 19.9 Å². The number of fused-ring (bicyclic) bond motifs is 1. The molecular weight excluding hydrogens is 246 g/mol. The van der Waals surface area contributed by atoms with Crippen LogP contribution in [0.3, 0.4) is 0 Å². The highest BCUT2D eigenvalue weighted by molar-refractivity contribution is 5.75. The zero-order valence-corrected chi connectivity index (χ0v) is 11.5. The van der Waals surface area contributed by atoms with E-state index >= 15 is 0 Å². The molecule has 0 saturated heterocycles. The minimum Gasteiger partial charge on any atom is -0.365 e. The SMILES string of the molecule is CCc1ccccc1CNc1cnc2ccccc2n1. The van der Waals surface area contributed by atoms with Gasteiger partial charge in [0.05, 0.1) is 17.2 Å². The second-order valence-corrected chi connectivity index (χ2v) is 4.72. The van der Waals surface area contributed by atoms with Gasteiger partial charge in [0, 0.05) is 6.54 Å². The maximum Gasteiger partial charge on any atom is 0.145 e. The van der Waals surface area contributed by atoms with Gasteiger partial charge in [-0.05, 0) is 29.7 Å². The zero-order chi connectivity index (χ0) is 13.8. The summed E-state index contributed by atoms with van der Waals surface area (Å²) < 4.78 is 0. The molecule has 100 valence electrons. The molecule has 20 heavy (non-hydrogen) atoms. The van der Waals surface area contributed by atoms with E-state index in [0.717, 1.165) is 29.8 Å². The average molecular weight is 263 g/mol. The van der Waals surface area contributed by atoms with Crippen molar-refractivity contribution in [3.05, 3.63) is 65.9 Å². The number of benzene rings is 2. The van der Waals surface area contributed by atoms with Gasteiger partial charge in [0.25, 0.3) is 0 Å². The van der Waals surface area contributed by atoms with Crippen LogP contribution in [0, 0.1) is 0 Å². The van der Waals surface area contributed by atoms with E-state index in [1.54, 1.807) is 6.20 Å². The summed E-state index contributed by atoms with van der Waals surface area (Å²) in [6, 6.07) is 16.4. The molecule has 3 heteroatoms. The second-order valence-electron chi connectivity index (χ2n) is 4.72. The van der Waals surface area contributed by atoms with Gasteiger partial charge in [-0.1, -0.05) is 43.3 Å². The monoisotopic (exact) mass is 263 g/mol. The number of nitrogens with zero attached hydrogens (tertiary/aromatic N) is 2. The molecule has 2 aromatic carbocycles. The highest BCUT2D eigenvalue weighted by Crippen LogP contribution is 2.14. The first-order valence-electron chi connectivity index (χ1n) is 6.89. The van der Waals surface area contributed by atoms with Crippen molar-refractivity contribution < 1.29 is 0 Å². The van der Waals surface area contributed by atoms with Crippen LogP contribution in [0.5, 0.6) is 0 Å². The molecule has 0 aliphatic rings. The third-order valence-corrected chi connectivity index (χ3v) is 3.41. The van der Waals surface area contributed by atoms with Gasteiger partial charge >= 0.3 is 0 Å². The van der Waals surface area contributed by atoms with E-state index < -0.39 is 0 Å². The summed E-state index contributed by atoms with van der Waals surface area (Å²) in [6.45, 7) is 2.95. The topological polar surface area (TPSA) is 37.8 Å². The Labute approximate surface area is 118 Å². The zero-order valence-electron chi connectivity index (χ0n) is 11.5. The normalized spacial score (nSPS) is 10.7. The van der Waals surface area contributed by atoms with Crippen LogP contribution in [0.4, 0.5) is 5.82 Å². The Morgan fingerprint density at radius 3 is 2.40 bits per heavy atom. The molecule has 0 amide bonds. The number of aryl methyl sites for hydroxylation is 1. The Morgan fingerprint density at radius 1 is 0.900 bits per heavy atom. The fourth-order valence-electron chi connectivity index (χ4n) is 2.30. The molecule has 1 aromatic heterocycles. The summed E-state index contributed by atoms with van der Waals surface area (Å²) >= 11 is 0. The summed E-state index contributed by atoms with van der Waals surface area (Å²) in [4.78, 5) is 8.98. The number of anilines is 1. The summed E-state index contributed by atoms with van der Waals surface area (Å²) in [6.07, 6.45) is 2.83. The molecule has 0 atom stereocenters. The molecule has 0 fully saturated rings. The second kappa shape index (κ2) is 5.70. The fraction of sp³-hybridized carbons (Fsp3) is 0.176. The molecule has 0 spiro atoms. The Kier molecular flexibility index (Phi) is 3.59. The van der Waals surface area contributed by atoms with Gasteiger partial charge in [-0.3, -0.25) is 4.98 Å². The van der Waals surface area contributed by atoms with Crippen molar-refractivity contribution in [1.29, 1.82) is 0 Å². The predicted octanol–water partition coefficient (Wildman–Crippen LogP) is 3.80. The minimum absolute atomic E-state index is 0.775. The first kappa shape index (κ1) is 12.6. The third kappa shape index (κ3) is 2.62. The van der Waals surface area contributed by atoms with Gasteiger partial charge in [0.1, 0.15) is 5.82 Å². The molecule has 0 bridgehead atoms. The molecule has 0 aliphatic heterocycles. The number of para-hydroxylation sites is 2. The van der Waals surface area contributed by atoms with E-state index in [1.165, 1.54) is 11.1 Å². The van der Waals surface area contributed by atoms with Crippen molar-refractivity contribution >= 4 is 16.9 Å². The lowest BCUT2D eigenvalue weighted by molar-refractivity contribution is 1.03. The molecule has 1 heterocycles. The minimum atomic E-state index is 0.775. The number of hydrogen-bond acceptors (Lipinski definition) is 3. The molecule has 0 saturated carbocycles. The Morgan fingerprint density at radius 2 is 1.60 bits per heavy atom. The number of rotatable bonds is 4. The van der Waals surface area contributed by atoms with Crippen molar-refractivity contribution in [3.8, 4) is 0 Å².